The van der Waals surface area contributed by atoms with Crippen molar-refractivity contribution in [3.8, 4) is 0 Å². The van der Waals surface area contributed by atoms with Gasteiger partial charge in [-0.3, -0.25) is 4.90 Å². The van der Waals surface area contributed by atoms with Crippen LogP contribution in [0, 0.1) is 0 Å². The van der Waals surface area contributed by atoms with Crippen LogP contribution in [0.2, 0.25) is 0 Å². The summed E-state index contributed by atoms with van der Waals surface area (Å²) >= 11 is 0. The first-order valence-corrected chi connectivity index (χ1v) is 6.35. The maximum absolute atomic E-state index is 4.26. The summed E-state index contributed by atoms with van der Waals surface area (Å²) in [6.45, 7) is 2.38. The van der Waals surface area contributed by atoms with Crippen molar-refractivity contribution in [2.24, 2.45) is 0 Å². The van der Waals surface area contributed by atoms with Crippen molar-refractivity contribution in [1.29, 1.82) is 0 Å². The van der Waals surface area contributed by atoms with Gasteiger partial charge in [0.2, 0.25) is 0 Å². The lowest BCUT2D eigenvalue weighted by atomic mass is 10.2. The number of hydrogen-bond donors (Lipinski definition) is 2. The molecule has 0 aromatic carbocycles. The summed E-state index contributed by atoms with van der Waals surface area (Å²) in [5.41, 5.74) is 0. The second kappa shape index (κ2) is 4.49. The van der Waals surface area contributed by atoms with Crippen molar-refractivity contribution in [1.82, 2.24) is 14.9 Å². The van der Waals surface area contributed by atoms with E-state index in [9.17, 15) is 0 Å². The highest BCUT2D eigenvalue weighted by atomic mass is 15.2. The smallest absolute Gasteiger partial charge is 0.131 e. The van der Waals surface area contributed by atoms with Gasteiger partial charge in [-0.05, 0) is 19.3 Å². The Balaban J connectivity index is 1.59. The summed E-state index contributed by atoms with van der Waals surface area (Å²) in [7, 11) is 1.87. The first-order valence-electron chi connectivity index (χ1n) is 6.35. The normalized spacial score (nSPS) is 24.9. The molecule has 1 aromatic heterocycles. The van der Waals surface area contributed by atoms with Crippen LogP contribution in [0.5, 0.6) is 0 Å². The van der Waals surface area contributed by atoms with E-state index in [0.29, 0.717) is 6.04 Å². The molecule has 1 atom stereocenters. The van der Waals surface area contributed by atoms with Crippen molar-refractivity contribution in [2.45, 2.75) is 31.3 Å². The molecule has 1 saturated heterocycles. The first-order chi connectivity index (χ1) is 8.35. The minimum Gasteiger partial charge on any atom is -0.373 e. The van der Waals surface area contributed by atoms with Crippen LogP contribution in [0.3, 0.4) is 0 Å². The Morgan fingerprint density at radius 2 is 2.06 bits per heavy atom. The summed E-state index contributed by atoms with van der Waals surface area (Å²) in [5, 5.41) is 6.52. The predicted molar refractivity (Wildman–Crippen MR) is 68.2 cm³/mol. The van der Waals surface area contributed by atoms with Crippen LogP contribution in [0.1, 0.15) is 19.3 Å². The maximum Gasteiger partial charge on any atom is 0.131 e. The maximum atomic E-state index is 4.26. The molecular formula is C12H19N5. The summed E-state index contributed by atoms with van der Waals surface area (Å²) in [6.07, 6.45) is 5.60. The van der Waals surface area contributed by atoms with E-state index in [1.54, 1.807) is 6.33 Å². The third-order valence-corrected chi connectivity index (χ3v) is 3.56. The molecule has 0 amide bonds. The molecule has 0 bridgehead atoms. The number of aromatic nitrogens is 2. The minimum atomic E-state index is 0.537. The van der Waals surface area contributed by atoms with Crippen LogP contribution in [0.25, 0.3) is 0 Å². The fourth-order valence-electron chi connectivity index (χ4n) is 2.46. The zero-order chi connectivity index (χ0) is 11.7. The van der Waals surface area contributed by atoms with Gasteiger partial charge in [0.15, 0.2) is 0 Å². The van der Waals surface area contributed by atoms with Gasteiger partial charge in [0.05, 0.1) is 0 Å². The van der Waals surface area contributed by atoms with E-state index in [4.69, 9.17) is 0 Å². The number of hydrogen-bond acceptors (Lipinski definition) is 5. The van der Waals surface area contributed by atoms with Crippen LogP contribution in [-0.4, -0.2) is 47.1 Å². The van der Waals surface area contributed by atoms with Crippen LogP contribution < -0.4 is 10.6 Å². The zero-order valence-corrected chi connectivity index (χ0v) is 10.2. The lowest BCUT2D eigenvalue weighted by molar-refractivity contribution is 0.326. The Labute approximate surface area is 102 Å². The molecule has 2 N–H and O–H groups in total. The first kappa shape index (κ1) is 10.8. The molecule has 0 radical (unpaired) electrons. The Morgan fingerprint density at radius 1 is 1.24 bits per heavy atom. The van der Waals surface area contributed by atoms with Crippen molar-refractivity contribution in [3.63, 3.8) is 0 Å². The molecule has 5 nitrogen and oxygen atoms in total. The molecule has 5 heteroatoms. The van der Waals surface area contributed by atoms with Crippen molar-refractivity contribution >= 4 is 11.6 Å². The molecule has 3 rings (SSSR count). The monoisotopic (exact) mass is 233 g/mol. The largest absolute Gasteiger partial charge is 0.373 e. The molecule has 2 aliphatic rings. The summed E-state index contributed by atoms with van der Waals surface area (Å²) in [6, 6.07) is 3.37. The highest BCUT2D eigenvalue weighted by Crippen LogP contribution is 2.30. The summed E-state index contributed by atoms with van der Waals surface area (Å²) < 4.78 is 0. The lowest BCUT2D eigenvalue weighted by Crippen LogP contribution is -2.28. The van der Waals surface area contributed by atoms with Gasteiger partial charge < -0.3 is 10.6 Å². The molecule has 1 aliphatic heterocycles. The number of likely N-dealkylation sites (tertiary alicyclic amines) is 1. The van der Waals surface area contributed by atoms with E-state index in [2.05, 4.69) is 25.5 Å². The standard InChI is InChI=1S/C12H19N5/c1-13-11-6-12(15-8-14-11)16-9-4-5-17(7-9)10-2-3-10/h6,8-10H,2-5,7H2,1H3,(H2,13,14,15,16). The SMILES string of the molecule is CNc1cc(NC2CCN(C3CC3)C2)ncn1. The Bertz CT molecular complexity index is 390. The van der Waals surface area contributed by atoms with Crippen LogP contribution in [-0.2, 0) is 0 Å². The average molecular weight is 233 g/mol. The molecule has 1 aromatic rings. The Hall–Kier alpha value is -1.36. The lowest BCUT2D eigenvalue weighted by Gasteiger charge is -2.16. The van der Waals surface area contributed by atoms with Gasteiger partial charge in [-0.2, -0.15) is 0 Å². The van der Waals surface area contributed by atoms with E-state index in [1.165, 1.54) is 25.8 Å². The van der Waals surface area contributed by atoms with Crippen molar-refractivity contribution < 1.29 is 0 Å². The number of anilines is 2. The highest BCUT2D eigenvalue weighted by Gasteiger charge is 2.34. The van der Waals surface area contributed by atoms with Crippen LogP contribution in [0.4, 0.5) is 11.6 Å². The second-order valence-corrected chi connectivity index (χ2v) is 4.89. The quantitative estimate of drug-likeness (QED) is 0.817. The molecule has 1 aliphatic carbocycles. The van der Waals surface area contributed by atoms with Gasteiger partial charge >= 0.3 is 0 Å². The molecule has 2 fully saturated rings. The van der Waals surface area contributed by atoms with Gasteiger partial charge in [0.25, 0.3) is 0 Å². The third kappa shape index (κ3) is 2.49. The number of nitrogens with zero attached hydrogens (tertiary/aromatic N) is 3. The van der Waals surface area contributed by atoms with E-state index < -0.39 is 0 Å². The van der Waals surface area contributed by atoms with Gasteiger partial charge in [-0.25, -0.2) is 9.97 Å². The third-order valence-electron chi connectivity index (χ3n) is 3.56. The summed E-state index contributed by atoms with van der Waals surface area (Å²) in [4.78, 5) is 11.0. The molecular weight excluding hydrogens is 214 g/mol. The highest BCUT2D eigenvalue weighted by molar-refractivity contribution is 5.46. The van der Waals surface area contributed by atoms with E-state index >= 15 is 0 Å². The molecule has 1 unspecified atom stereocenters. The fraction of sp³-hybridized carbons (Fsp3) is 0.667. The molecule has 2 heterocycles. The average Bonchev–Trinajstić information content (AvgIpc) is 3.11. The minimum absolute atomic E-state index is 0.537. The molecule has 92 valence electrons. The topological polar surface area (TPSA) is 53.1 Å². The van der Waals surface area contributed by atoms with Crippen molar-refractivity contribution in [2.75, 3.05) is 30.8 Å². The Kier molecular flexibility index (Phi) is 2.84. The predicted octanol–water partition coefficient (Wildman–Crippen LogP) is 1.17. The van der Waals surface area contributed by atoms with Gasteiger partial charge in [-0.15, -0.1) is 0 Å². The van der Waals surface area contributed by atoms with Crippen LogP contribution in [0.15, 0.2) is 12.4 Å². The number of nitrogens with one attached hydrogen (secondary N) is 2. The van der Waals surface area contributed by atoms with Gasteiger partial charge in [0.1, 0.15) is 18.0 Å². The Morgan fingerprint density at radius 3 is 2.82 bits per heavy atom. The summed E-state index contributed by atoms with van der Waals surface area (Å²) in [5.74, 6) is 1.78. The molecule has 0 spiro atoms. The zero-order valence-electron chi connectivity index (χ0n) is 10.2. The molecule has 1 saturated carbocycles. The second-order valence-electron chi connectivity index (χ2n) is 4.89. The fourth-order valence-corrected chi connectivity index (χ4v) is 2.46. The van der Waals surface area contributed by atoms with Crippen LogP contribution >= 0.6 is 0 Å². The van der Waals surface area contributed by atoms with E-state index in [0.717, 1.165) is 24.2 Å². The molecule has 17 heavy (non-hydrogen) atoms. The van der Waals surface area contributed by atoms with Gasteiger partial charge in [-0.1, -0.05) is 0 Å². The van der Waals surface area contributed by atoms with E-state index in [-0.39, 0.29) is 0 Å². The number of rotatable bonds is 4. The van der Waals surface area contributed by atoms with Crippen molar-refractivity contribution in [3.05, 3.63) is 12.4 Å². The van der Waals surface area contributed by atoms with Gasteiger partial charge in [0, 0.05) is 38.3 Å². The van der Waals surface area contributed by atoms with E-state index in [1.807, 2.05) is 13.1 Å².